The smallest absolute Gasteiger partial charge is 0.810 e. The predicted molar refractivity (Wildman–Crippen MR) is 28.1 cm³/mol. The number of carboxylic acid groups (broad SMARTS) is 1. The summed E-state index contributed by atoms with van der Waals surface area (Å²) in [5.41, 5.74) is 0. The molecule has 0 aliphatic rings. The number of hydrogen-bond donors (Lipinski definition) is 2. The van der Waals surface area contributed by atoms with Gasteiger partial charge in [-0.3, -0.25) is 4.79 Å². The van der Waals surface area contributed by atoms with E-state index in [1.165, 1.54) is 0 Å². The number of carbonyl (C=O) groups is 1. The van der Waals surface area contributed by atoms with E-state index in [0.717, 1.165) is 0 Å². The third-order valence-electron chi connectivity index (χ3n) is 0.582. The van der Waals surface area contributed by atoms with E-state index in [1.807, 2.05) is 5.32 Å². The fourth-order valence-corrected chi connectivity index (χ4v) is 0.685. The van der Waals surface area contributed by atoms with Crippen LogP contribution >= 0.6 is 7.60 Å². The molecule has 0 aliphatic heterocycles. The molecule has 0 fully saturated rings. The largest absolute Gasteiger partial charge is 1.00 e. The van der Waals surface area contributed by atoms with Crippen molar-refractivity contribution in [2.45, 2.75) is 0 Å². The number of carboxylic acids is 1. The summed E-state index contributed by atoms with van der Waals surface area (Å²) in [6.45, 7) is -0.519. The average Bonchev–Trinajstić information content (AvgIpc) is 1.59. The van der Waals surface area contributed by atoms with Crippen LogP contribution in [0.25, 0.3) is 0 Å². The van der Waals surface area contributed by atoms with E-state index in [0.29, 0.717) is 0 Å². The molecule has 0 amide bonds. The molecule has 12 heavy (non-hydrogen) atoms. The minimum absolute atomic E-state index is 0. The van der Waals surface area contributed by atoms with Crippen LogP contribution in [0.3, 0.4) is 0 Å². The second kappa shape index (κ2) is 10.4. The number of nitrogens with one attached hydrogen (secondary N) is 1. The maximum atomic E-state index is 9.83. The monoisotopic (exact) mass is 245 g/mol. The first kappa shape index (κ1) is 20.3. The van der Waals surface area contributed by atoms with Crippen molar-refractivity contribution >= 4 is 13.6 Å². The Bertz CT molecular complexity index is 170. The third kappa shape index (κ3) is 18.6. The van der Waals surface area contributed by atoms with E-state index in [9.17, 15) is 19.1 Å². The van der Waals surface area contributed by atoms with Crippen LogP contribution in [-0.2, 0) is 9.36 Å². The van der Waals surface area contributed by atoms with Gasteiger partial charge >= 0.3 is 109 Å². The van der Waals surface area contributed by atoms with Crippen LogP contribution in [0.15, 0.2) is 0 Å². The normalized spacial score (nSPS) is 9.50. The number of aliphatic carboxylic acids is 1. The summed E-state index contributed by atoms with van der Waals surface area (Å²) in [6.07, 6.45) is -0.820. The summed E-state index contributed by atoms with van der Waals surface area (Å²) >= 11 is 0. The van der Waals surface area contributed by atoms with Gasteiger partial charge in [0.05, 0.1) is 6.54 Å². The van der Waals surface area contributed by atoms with Crippen molar-refractivity contribution in [2.24, 2.45) is 0 Å². The maximum absolute atomic E-state index is 9.83. The van der Waals surface area contributed by atoms with Gasteiger partial charge in [0.15, 0.2) is 0 Å². The van der Waals surface area contributed by atoms with E-state index in [2.05, 4.69) is 0 Å². The van der Waals surface area contributed by atoms with Gasteiger partial charge in [-0.1, -0.05) is 7.60 Å². The number of hydrogen-bond acceptors (Lipinski definition) is 5. The van der Waals surface area contributed by atoms with Crippen LogP contribution in [0, 0.1) is 0 Å². The zero-order chi connectivity index (χ0) is 8.20. The molecule has 0 heterocycles. The molecule has 6 nitrogen and oxygen atoms in total. The fourth-order valence-electron chi connectivity index (χ4n) is 0.300. The Labute approximate surface area is 155 Å². The molecule has 0 spiro atoms. The van der Waals surface area contributed by atoms with E-state index in [4.69, 9.17) is 5.11 Å². The van der Waals surface area contributed by atoms with Crippen LogP contribution in [0.1, 0.15) is 0 Å². The first-order valence-electron chi connectivity index (χ1n) is 2.35. The third-order valence-corrected chi connectivity index (χ3v) is 1.19. The molecule has 0 saturated heterocycles. The van der Waals surface area contributed by atoms with Crippen LogP contribution in [0.2, 0.25) is 0 Å². The van der Waals surface area contributed by atoms with E-state index < -0.39 is 26.4 Å². The van der Waals surface area contributed by atoms with Gasteiger partial charge in [0.25, 0.3) is 0 Å². The Hall–Kier alpha value is 2.85. The summed E-state index contributed by atoms with van der Waals surface area (Å²) in [5.74, 6) is -1.20. The van der Waals surface area contributed by atoms with Crippen molar-refractivity contribution in [3.63, 3.8) is 0 Å². The Morgan fingerprint density at radius 2 is 1.83 bits per heavy atom. The molecule has 0 aliphatic carbocycles. The maximum Gasteiger partial charge on any atom is 1.00 e. The molecular formula is C3H6K2NO5P. The van der Waals surface area contributed by atoms with E-state index in [1.54, 1.807) is 0 Å². The van der Waals surface area contributed by atoms with Crippen LogP contribution in [0.4, 0.5) is 0 Å². The summed E-state index contributed by atoms with van der Waals surface area (Å²) < 4.78 is 9.83. The van der Waals surface area contributed by atoms with Gasteiger partial charge in [0.2, 0.25) is 0 Å². The molecule has 0 atom stereocenters. The minimum Gasteiger partial charge on any atom is -0.810 e. The SMILES string of the molecule is O=C(O)CNCP(=O)([O-])[O-].[K+].[K+]. The first-order valence-corrected chi connectivity index (χ1v) is 4.08. The predicted octanol–water partition coefficient (Wildman–Crippen LogP) is -8.46. The molecule has 0 rings (SSSR count). The molecule has 0 radical (unpaired) electrons. The van der Waals surface area contributed by atoms with Crippen molar-refractivity contribution in [1.29, 1.82) is 0 Å². The summed E-state index contributed by atoms with van der Waals surface area (Å²) in [5, 5.41) is 9.89. The topological polar surface area (TPSA) is 113 Å². The molecule has 2 N–H and O–H groups in total. The van der Waals surface area contributed by atoms with Crippen molar-refractivity contribution in [3.05, 3.63) is 0 Å². The molecule has 0 aromatic carbocycles. The van der Waals surface area contributed by atoms with Gasteiger partial charge in [0.1, 0.15) is 0 Å². The molecule has 0 aromatic rings. The van der Waals surface area contributed by atoms with Crippen molar-refractivity contribution in [3.8, 4) is 0 Å². The number of rotatable bonds is 4. The van der Waals surface area contributed by atoms with Gasteiger partial charge in [-0.15, -0.1) is 0 Å². The molecule has 0 saturated carbocycles. The molecule has 9 heteroatoms. The minimum atomic E-state index is -4.60. The second-order valence-electron chi connectivity index (χ2n) is 1.59. The van der Waals surface area contributed by atoms with Gasteiger partial charge in [-0.25, -0.2) is 0 Å². The first-order chi connectivity index (χ1) is 4.42. The van der Waals surface area contributed by atoms with Gasteiger partial charge in [-0.05, 0) is 0 Å². The fraction of sp³-hybridized carbons (Fsp3) is 0.667. The van der Waals surface area contributed by atoms with Gasteiger partial charge in [-0.2, -0.15) is 0 Å². The standard InChI is InChI=1S/C3H8NO5P.2K/c5-3(6)1-4-2-10(7,8)9;;/h4H,1-2H2,(H,5,6)(H2,7,8,9);;/q;2*+1/p-2. The Morgan fingerprint density at radius 3 is 2.08 bits per heavy atom. The van der Waals surface area contributed by atoms with Crippen LogP contribution < -0.4 is 118 Å². The second-order valence-corrected chi connectivity index (χ2v) is 3.13. The van der Waals surface area contributed by atoms with E-state index in [-0.39, 0.29) is 103 Å². The molecule has 60 valence electrons. The molecule has 0 aromatic heterocycles. The Balaban J connectivity index is -0.000000405. The van der Waals surface area contributed by atoms with Gasteiger partial charge in [0, 0.05) is 6.29 Å². The molecule has 0 unspecified atom stereocenters. The van der Waals surface area contributed by atoms with E-state index >= 15 is 0 Å². The quantitative estimate of drug-likeness (QED) is 0.376. The van der Waals surface area contributed by atoms with Crippen molar-refractivity contribution < 1.29 is 127 Å². The van der Waals surface area contributed by atoms with Gasteiger partial charge < -0.3 is 24.8 Å². The molecule has 0 bridgehead atoms. The zero-order valence-corrected chi connectivity index (χ0v) is 14.1. The summed E-state index contributed by atoms with van der Waals surface area (Å²) in [4.78, 5) is 29.4. The Morgan fingerprint density at radius 1 is 1.42 bits per heavy atom. The van der Waals surface area contributed by atoms with Crippen LogP contribution in [-0.4, -0.2) is 23.9 Å². The van der Waals surface area contributed by atoms with Crippen molar-refractivity contribution in [2.75, 3.05) is 12.8 Å². The van der Waals surface area contributed by atoms with Crippen LogP contribution in [0.5, 0.6) is 0 Å². The molecular weight excluding hydrogens is 239 g/mol. The average molecular weight is 245 g/mol. The Kier molecular flexibility index (Phi) is 17.5. The zero-order valence-electron chi connectivity index (χ0n) is 6.94. The summed E-state index contributed by atoms with van der Waals surface area (Å²) in [7, 11) is -4.60. The summed E-state index contributed by atoms with van der Waals surface area (Å²) in [6, 6.07) is 0. The van der Waals surface area contributed by atoms with Crippen molar-refractivity contribution in [1.82, 2.24) is 5.32 Å².